The van der Waals surface area contributed by atoms with Crippen LogP contribution < -0.4 is 5.32 Å². The molecule has 0 fully saturated rings. The van der Waals surface area contributed by atoms with E-state index in [2.05, 4.69) is 5.32 Å². The second-order valence-corrected chi connectivity index (χ2v) is 10.3. The van der Waals surface area contributed by atoms with Crippen LogP contribution in [0.25, 0.3) is 0 Å². The van der Waals surface area contributed by atoms with Crippen LogP contribution in [0.15, 0.2) is 23.1 Å². The van der Waals surface area contributed by atoms with Crippen molar-refractivity contribution in [3.63, 3.8) is 0 Å². The molecule has 0 aliphatic rings. The van der Waals surface area contributed by atoms with E-state index < -0.39 is 10.0 Å². The lowest BCUT2D eigenvalue weighted by Gasteiger charge is -2.19. The summed E-state index contributed by atoms with van der Waals surface area (Å²) in [6, 6.07) is 4.36. The number of anilines is 1. The van der Waals surface area contributed by atoms with Crippen molar-refractivity contribution in [2.45, 2.75) is 44.3 Å². The van der Waals surface area contributed by atoms with Crippen molar-refractivity contribution in [1.82, 2.24) is 4.31 Å². The molecule has 0 heterocycles. The van der Waals surface area contributed by atoms with Crippen molar-refractivity contribution in [2.24, 2.45) is 0 Å². The van der Waals surface area contributed by atoms with Crippen molar-refractivity contribution in [2.75, 3.05) is 24.2 Å². The highest BCUT2D eigenvalue weighted by atomic mass is 35.5. The van der Waals surface area contributed by atoms with Gasteiger partial charge >= 0.3 is 0 Å². The van der Waals surface area contributed by atoms with Gasteiger partial charge in [-0.05, 0) is 18.2 Å². The van der Waals surface area contributed by atoms with Gasteiger partial charge in [-0.1, -0.05) is 46.2 Å². The molecule has 0 radical (unpaired) electrons. The van der Waals surface area contributed by atoms with Gasteiger partial charge in [-0.3, -0.25) is 4.79 Å². The molecule has 0 saturated carbocycles. The highest BCUT2D eigenvalue weighted by Gasteiger charge is 2.23. The Kier molecular flexibility index (Phi) is 7.59. The van der Waals surface area contributed by atoms with E-state index in [0.29, 0.717) is 23.8 Å². The third-order valence-electron chi connectivity index (χ3n) is 3.19. The Hall–Kier alpha value is -0.760. The monoisotopic (exact) mass is 392 g/mol. The molecule has 5 nitrogen and oxygen atoms in total. The quantitative estimate of drug-likeness (QED) is 0.765. The summed E-state index contributed by atoms with van der Waals surface area (Å²) in [7, 11) is -3.59. The summed E-state index contributed by atoms with van der Waals surface area (Å²) in [6.07, 6.45) is 0. The molecule has 0 saturated heterocycles. The summed E-state index contributed by atoms with van der Waals surface area (Å²) >= 11 is 7.60. The first-order valence-electron chi connectivity index (χ1n) is 7.74. The van der Waals surface area contributed by atoms with E-state index in [0.717, 1.165) is 0 Å². The number of amides is 1. The van der Waals surface area contributed by atoms with Gasteiger partial charge in [0.05, 0.1) is 21.4 Å². The Bertz CT molecular complexity index is 681. The SMILES string of the molecule is CCN(CC)S(=O)(=O)c1ccc(Cl)c(NC(=O)CSC(C)(C)C)c1. The molecule has 0 atom stereocenters. The lowest BCUT2D eigenvalue weighted by atomic mass is 10.3. The zero-order valence-corrected chi connectivity index (χ0v) is 17.1. The molecule has 0 aliphatic heterocycles. The number of thioether (sulfide) groups is 1. The lowest BCUT2D eigenvalue weighted by molar-refractivity contribution is -0.113. The maximum absolute atomic E-state index is 12.6. The largest absolute Gasteiger partial charge is 0.324 e. The first-order valence-corrected chi connectivity index (χ1v) is 10.5. The van der Waals surface area contributed by atoms with Gasteiger partial charge in [0.1, 0.15) is 0 Å². The molecular formula is C16H25ClN2O3S2. The highest BCUT2D eigenvalue weighted by molar-refractivity contribution is 8.01. The number of rotatable bonds is 7. The van der Waals surface area contributed by atoms with Gasteiger partial charge in [0.25, 0.3) is 0 Å². The summed E-state index contributed by atoms with van der Waals surface area (Å²) in [5, 5.41) is 3.00. The first kappa shape index (κ1) is 21.3. The van der Waals surface area contributed by atoms with Crippen molar-refractivity contribution in [3.8, 4) is 0 Å². The molecule has 1 aromatic rings. The fraction of sp³-hybridized carbons (Fsp3) is 0.562. The van der Waals surface area contributed by atoms with Crippen LogP contribution in [0.2, 0.25) is 5.02 Å². The fourth-order valence-corrected chi connectivity index (χ4v) is 4.23. The van der Waals surface area contributed by atoms with Gasteiger partial charge in [-0.15, -0.1) is 11.8 Å². The van der Waals surface area contributed by atoms with Crippen molar-refractivity contribution in [3.05, 3.63) is 23.2 Å². The summed E-state index contributed by atoms with van der Waals surface area (Å²) in [5.74, 6) is 0.0570. The molecule has 0 spiro atoms. The number of hydrogen-bond donors (Lipinski definition) is 1. The number of hydrogen-bond acceptors (Lipinski definition) is 4. The third-order valence-corrected chi connectivity index (χ3v) is 6.84. The lowest BCUT2D eigenvalue weighted by Crippen LogP contribution is -2.30. The van der Waals surface area contributed by atoms with Crippen LogP contribution in [0, 0.1) is 0 Å². The van der Waals surface area contributed by atoms with Gasteiger partial charge in [0, 0.05) is 17.8 Å². The minimum atomic E-state index is -3.59. The van der Waals surface area contributed by atoms with Crippen LogP contribution in [0.4, 0.5) is 5.69 Å². The van der Waals surface area contributed by atoms with Gasteiger partial charge in [0.15, 0.2) is 0 Å². The maximum Gasteiger partial charge on any atom is 0.243 e. The Morgan fingerprint density at radius 3 is 2.33 bits per heavy atom. The zero-order valence-electron chi connectivity index (χ0n) is 14.7. The summed E-state index contributed by atoms with van der Waals surface area (Å²) in [5.41, 5.74) is 0.310. The number of benzene rings is 1. The molecule has 1 rings (SSSR count). The van der Waals surface area contributed by atoms with E-state index in [-0.39, 0.29) is 21.3 Å². The first-order chi connectivity index (χ1) is 11.0. The van der Waals surface area contributed by atoms with Crippen LogP contribution in [0.1, 0.15) is 34.6 Å². The Labute approximate surface area is 154 Å². The average Bonchev–Trinajstić information content (AvgIpc) is 2.47. The van der Waals surface area contributed by atoms with Crippen LogP contribution in [0.5, 0.6) is 0 Å². The molecule has 0 unspecified atom stereocenters. The second-order valence-electron chi connectivity index (χ2n) is 6.18. The molecule has 0 aromatic heterocycles. The molecule has 24 heavy (non-hydrogen) atoms. The minimum absolute atomic E-state index is 0.0327. The Morgan fingerprint density at radius 2 is 1.83 bits per heavy atom. The number of carbonyl (C=O) groups excluding carboxylic acids is 1. The van der Waals surface area contributed by atoms with Crippen molar-refractivity contribution >= 4 is 45.0 Å². The Balaban J connectivity index is 3.00. The minimum Gasteiger partial charge on any atom is -0.324 e. The standard InChI is InChI=1S/C16H25ClN2O3S2/c1-6-19(7-2)24(21,22)12-8-9-13(17)14(10-12)18-15(20)11-23-16(3,4)5/h8-10H,6-7,11H2,1-5H3,(H,18,20). The molecule has 8 heteroatoms. The van der Waals surface area contributed by atoms with Gasteiger partial charge in [-0.2, -0.15) is 4.31 Å². The molecule has 0 bridgehead atoms. The predicted octanol–water partition coefficient (Wildman–Crippen LogP) is 3.84. The van der Waals surface area contributed by atoms with E-state index >= 15 is 0 Å². The number of halogens is 1. The van der Waals surface area contributed by atoms with E-state index in [1.54, 1.807) is 13.8 Å². The smallest absolute Gasteiger partial charge is 0.243 e. The van der Waals surface area contributed by atoms with E-state index in [1.807, 2.05) is 20.8 Å². The zero-order chi connectivity index (χ0) is 18.5. The summed E-state index contributed by atoms with van der Waals surface area (Å²) in [4.78, 5) is 12.2. The van der Waals surface area contributed by atoms with Crippen LogP contribution in [-0.4, -0.2) is 42.2 Å². The van der Waals surface area contributed by atoms with Crippen LogP contribution in [-0.2, 0) is 14.8 Å². The number of nitrogens with one attached hydrogen (secondary N) is 1. The number of sulfonamides is 1. The summed E-state index contributed by atoms with van der Waals surface area (Å²) in [6.45, 7) is 10.4. The molecule has 1 amide bonds. The van der Waals surface area contributed by atoms with E-state index in [4.69, 9.17) is 11.6 Å². The summed E-state index contributed by atoms with van der Waals surface area (Å²) < 4.78 is 26.5. The number of carbonyl (C=O) groups is 1. The van der Waals surface area contributed by atoms with Gasteiger partial charge in [0.2, 0.25) is 15.9 Å². The van der Waals surface area contributed by atoms with Gasteiger partial charge in [-0.25, -0.2) is 8.42 Å². The topological polar surface area (TPSA) is 66.5 Å². The van der Waals surface area contributed by atoms with E-state index in [1.165, 1.54) is 34.3 Å². The Morgan fingerprint density at radius 1 is 1.25 bits per heavy atom. The highest BCUT2D eigenvalue weighted by Crippen LogP contribution is 2.28. The fourth-order valence-electron chi connectivity index (χ4n) is 1.94. The maximum atomic E-state index is 12.6. The van der Waals surface area contributed by atoms with E-state index in [9.17, 15) is 13.2 Å². The van der Waals surface area contributed by atoms with Crippen molar-refractivity contribution < 1.29 is 13.2 Å². The number of nitrogens with zero attached hydrogens (tertiary/aromatic N) is 1. The van der Waals surface area contributed by atoms with Gasteiger partial charge < -0.3 is 5.32 Å². The van der Waals surface area contributed by atoms with Crippen molar-refractivity contribution in [1.29, 1.82) is 0 Å². The normalized spacial score (nSPS) is 12.5. The molecular weight excluding hydrogens is 368 g/mol. The third kappa shape index (κ3) is 5.95. The predicted molar refractivity (Wildman–Crippen MR) is 102 cm³/mol. The van der Waals surface area contributed by atoms with Crippen LogP contribution in [0.3, 0.4) is 0 Å². The molecule has 1 aromatic carbocycles. The second kappa shape index (κ2) is 8.56. The molecule has 1 N–H and O–H groups in total. The molecule has 136 valence electrons. The molecule has 0 aliphatic carbocycles. The average molecular weight is 393 g/mol. The van der Waals surface area contributed by atoms with Crippen LogP contribution >= 0.6 is 23.4 Å².